The van der Waals surface area contributed by atoms with Gasteiger partial charge in [-0.15, -0.1) is 0 Å². The summed E-state index contributed by atoms with van der Waals surface area (Å²) in [7, 11) is 0. The van der Waals surface area contributed by atoms with Gasteiger partial charge in [0.25, 0.3) is 0 Å². The molecule has 1 unspecified atom stereocenters. The van der Waals surface area contributed by atoms with E-state index >= 15 is 0 Å². The summed E-state index contributed by atoms with van der Waals surface area (Å²) in [5, 5.41) is 8.75. The average Bonchev–Trinajstić information content (AvgIpc) is 2.75. The quantitative estimate of drug-likeness (QED) is 0.237. The fourth-order valence-corrected chi connectivity index (χ4v) is 4.51. The molecule has 4 nitrogen and oxygen atoms in total. The minimum absolute atomic E-state index is 0.236. The van der Waals surface area contributed by atoms with Gasteiger partial charge >= 0.3 is 5.97 Å². The maximum Gasteiger partial charge on any atom is 0.303 e. The molecule has 1 N–H and O–H groups in total. The van der Waals surface area contributed by atoms with Crippen LogP contribution in [0.2, 0.25) is 0 Å². The Morgan fingerprint density at radius 2 is 1.75 bits per heavy atom. The minimum atomic E-state index is -0.725. The van der Waals surface area contributed by atoms with Crippen molar-refractivity contribution in [2.24, 2.45) is 0 Å². The third-order valence-electron chi connectivity index (χ3n) is 6.74. The second-order valence-corrected chi connectivity index (χ2v) is 9.58. The van der Waals surface area contributed by atoms with E-state index < -0.39 is 5.97 Å². The zero-order valence-corrected chi connectivity index (χ0v) is 21.0. The third kappa shape index (κ3) is 7.56. The molecule has 0 bridgehead atoms. The van der Waals surface area contributed by atoms with Crippen LogP contribution in [0.3, 0.4) is 0 Å². The predicted molar refractivity (Wildman–Crippen MR) is 132 cm³/mol. The van der Waals surface area contributed by atoms with Crippen LogP contribution >= 0.6 is 0 Å². The molecule has 0 aliphatic carbocycles. The monoisotopic (exact) mass is 444 g/mol. The Hall–Kier alpha value is -1.97. The van der Waals surface area contributed by atoms with Crippen LogP contribution < -0.4 is 9.47 Å². The molecule has 0 spiro atoms. The maximum atomic E-state index is 10.6. The van der Waals surface area contributed by atoms with E-state index in [9.17, 15) is 4.79 Å². The molecule has 1 atom stereocenters. The molecule has 1 heterocycles. The molecule has 0 saturated heterocycles. The first-order valence-electron chi connectivity index (χ1n) is 12.6. The molecule has 1 aromatic rings. The van der Waals surface area contributed by atoms with Crippen molar-refractivity contribution in [3.63, 3.8) is 0 Å². The number of allylic oxidation sites excluding steroid dienone is 1. The van der Waals surface area contributed by atoms with Crippen LogP contribution in [0.15, 0.2) is 12.2 Å². The second kappa shape index (κ2) is 12.9. The molecule has 32 heavy (non-hydrogen) atoms. The molecule has 1 aliphatic heterocycles. The zero-order valence-electron chi connectivity index (χ0n) is 21.0. The first kappa shape index (κ1) is 26.3. The lowest BCUT2D eigenvalue weighted by atomic mass is 9.86. The standard InChI is InChI=1S/C28H44O4/c1-6-7-8-9-10-11-14-18-28(5)19-17-24-23(4)26(21(2)22(3)27(24)32-28)31-20-15-12-13-16-25(29)30/h14,18H,6-13,15-17,19-20H2,1-5H3,(H,29,30). The average molecular weight is 445 g/mol. The van der Waals surface area contributed by atoms with E-state index in [0.717, 1.165) is 49.2 Å². The fourth-order valence-electron chi connectivity index (χ4n) is 4.51. The SMILES string of the molecule is CCCCCCCC=CC1(C)CCc2c(C)c(OCCCCCC(=O)O)c(C)c(C)c2O1. The normalized spacial score (nSPS) is 17.9. The molecule has 4 heteroatoms. The lowest BCUT2D eigenvalue weighted by Crippen LogP contribution is -2.35. The van der Waals surface area contributed by atoms with E-state index in [1.54, 1.807) is 0 Å². The number of aliphatic carboxylic acids is 1. The molecular formula is C28H44O4. The van der Waals surface area contributed by atoms with Gasteiger partial charge in [-0.1, -0.05) is 38.7 Å². The number of carboxylic acid groups (broad SMARTS) is 1. The van der Waals surface area contributed by atoms with Crippen molar-refractivity contribution in [2.45, 2.75) is 117 Å². The van der Waals surface area contributed by atoms with Gasteiger partial charge in [-0.25, -0.2) is 0 Å². The van der Waals surface area contributed by atoms with Crippen molar-refractivity contribution in [1.29, 1.82) is 0 Å². The summed E-state index contributed by atoms with van der Waals surface area (Å²) in [4.78, 5) is 10.6. The summed E-state index contributed by atoms with van der Waals surface area (Å²) >= 11 is 0. The van der Waals surface area contributed by atoms with E-state index in [-0.39, 0.29) is 12.0 Å². The lowest BCUT2D eigenvalue weighted by Gasteiger charge is -2.36. The first-order valence-corrected chi connectivity index (χ1v) is 12.6. The fraction of sp³-hybridized carbons (Fsp3) is 0.679. The number of unbranched alkanes of at least 4 members (excludes halogenated alkanes) is 7. The van der Waals surface area contributed by atoms with E-state index in [1.807, 2.05) is 0 Å². The number of carbonyl (C=O) groups is 1. The summed E-state index contributed by atoms with van der Waals surface area (Å²) in [5.41, 5.74) is 4.54. The molecule has 1 aromatic carbocycles. The molecule has 0 aromatic heterocycles. The minimum Gasteiger partial charge on any atom is -0.493 e. The van der Waals surface area contributed by atoms with Gasteiger partial charge in [0.1, 0.15) is 17.1 Å². The van der Waals surface area contributed by atoms with Gasteiger partial charge in [-0.2, -0.15) is 0 Å². The predicted octanol–water partition coefficient (Wildman–Crippen LogP) is 7.64. The Bertz CT molecular complexity index is 780. The van der Waals surface area contributed by atoms with E-state index in [1.165, 1.54) is 48.8 Å². The van der Waals surface area contributed by atoms with Gasteiger partial charge in [-0.3, -0.25) is 4.79 Å². The topological polar surface area (TPSA) is 55.8 Å². The molecule has 0 amide bonds. The van der Waals surface area contributed by atoms with Crippen LogP contribution in [-0.2, 0) is 11.2 Å². The summed E-state index contributed by atoms with van der Waals surface area (Å²) in [6, 6.07) is 0. The third-order valence-corrected chi connectivity index (χ3v) is 6.74. The van der Waals surface area contributed by atoms with Gasteiger partial charge in [-0.05, 0) is 95.4 Å². The highest BCUT2D eigenvalue weighted by Crippen LogP contribution is 2.44. The number of fused-ring (bicyclic) bond motifs is 1. The van der Waals surface area contributed by atoms with Crippen molar-refractivity contribution in [3.8, 4) is 11.5 Å². The Balaban J connectivity index is 1.98. The van der Waals surface area contributed by atoms with Gasteiger partial charge in [0.2, 0.25) is 0 Å². The number of hydrogen-bond donors (Lipinski definition) is 1. The van der Waals surface area contributed by atoms with Crippen LogP contribution in [0.5, 0.6) is 11.5 Å². The molecule has 0 fully saturated rings. The van der Waals surface area contributed by atoms with E-state index in [4.69, 9.17) is 14.6 Å². The molecule has 2 rings (SSSR count). The maximum absolute atomic E-state index is 10.6. The van der Waals surface area contributed by atoms with Crippen LogP contribution in [0.4, 0.5) is 0 Å². The van der Waals surface area contributed by atoms with Gasteiger partial charge in [0.15, 0.2) is 0 Å². The number of rotatable bonds is 14. The van der Waals surface area contributed by atoms with Crippen LogP contribution in [0.25, 0.3) is 0 Å². The van der Waals surface area contributed by atoms with E-state index in [2.05, 4.69) is 46.8 Å². The lowest BCUT2D eigenvalue weighted by molar-refractivity contribution is -0.137. The van der Waals surface area contributed by atoms with Crippen molar-refractivity contribution in [1.82, 2.24) is 0 Å². The highest BCUT2D eigenvalue weighted by molar-refractivity contribution is 5.66. The number of benzene rings is 1. The van der Waals surface area contributed by atoms with Crippen LogP contribution in [0.1, 0.15) is 107 Å². The first-order chi connectivity index (χ1) is 15.3. The largest absolute Gasteiger partial charge is 0.493 e. The number of carboxylic acids is 1. The molecule has 0 radical (unpaired) electrons. The number of hydrogen-bond acceptors (Lipinski definition) is 3. The van der Waals surface area contributed by atoms with E-state index in [0.29, 0.717) is 13.0 Å². The highest BCUT2D eigenvalue weighted by atomic mass is 16.5. The molecule has 1 aliphatic rings. The van der Waals surface area contributed by atoms with Gasteiger partial charge in [0, 0.05) is 12.0 Å². The smallest absolute Gasteiger partial charge is 0.303 e. The summed E-state index contributed by atoms with van der Waals surface area (Å²) in [6.45, 7) is 11.5. The van der Waals surface area contributed by atoms with Crippen molar-refractivity contribution >= 4 is 5.97 Å². The number of ether oxygens (including phenoxy) is 2. The van der Waals surface area contributed by atoms with Crippen molar-refractivity contribution < 1.29 is 19.4 Å². The Kier molecular flexibility index (Phi) is 10.6. The van der Waals surface area contributed by atoms with Crippen molar-refractivity contribution in [3.05, 3.63) is 34.4 Å². The van der Waals surface area contributed by atoms with Crippen LogP contribution in [-0.4, -0.2) is 23.3 Å². The summed E-state index contributed by atoms with van der Waals surface area (Å²) in [6.07, 6.45) is 16.9. The Morgan fingerprint density at radius 1 is 1.03 bits per heavy atom. The second-order valence-electron chi connectivity index (χ2n) is 9.58. The Morgan fingerprint density at radius 3 is 2.47 bits per heavy atom. The van der Waals surface area contributed by atoms with Gasteiger partial charge < -0.3 is 14.6 Å². The molecular weight excluding hydrogens is 400 g/mol. The zero-order chi connectivity index (χ0) is 23.6. The van der Waals surface area contributed by atoms with Crippen LogP contribution in [0, 0.1) is 20.8 Å². The molecule has 0 saturated carbocycles. The summed E-state index contributed by atoms with van der Waals surface area (Å²) < 4.78 is 12.8. The highest BCUT2D eigenvalue weighted by Gasteiger charge is 2.32. The summed E-state index contributed by atoms with van der Waals surface area (Å²) in [5.74, 6) is 1.29. The Labute approximate surface area is 195 Å². The van der Waals surface area contributed by atoms with Gasteiger partial charge in [0.05, 0.1) is 6.61 Å². The molecule has 180 valence electrons. The van der Waals surface area contributed by atoms with Crippen molar-refractivity contribution in [2.75, 3.05) is 6.61 Å².